The molecule has 1 aliphatic rings. The van der Waals surface area contributed by atoms with Crippen LogP contribution in [0.15, 0.2) is 29.2 Å². The average Bonchev–Trinajstić information content (AvgIpc) is 2.54. The van der Waals surface area contributed by atoms with E-state index in [1.165, 1.54) is 26.4 Å². The van der Waals surface area contributed by atoms with Gasteiger partial charge in [-0.1, -0.05) is 0 Å². The molecule has 1 aliphatic heterocycles. The molecular weight excluding hydrogens is 314 g/mol. The van der Waals surface area contributed by atoms with E-state index in [4.69, 9.17) is 9.47 Å². The lowest BCUT2D eigenvalue weighted by Crippen LogP contribution is -2.52. The highest BCUT2D eigenvalue weighted by Crippen LogP contribution is 2.27. The van der Waals surface area contributed by atoms with Gasteiger partial charge in [0, 0.05) is 13.0 Å². The molecule has 0 saturated carbocycles. The van der Waals surface area contributed by atoms with Crippen molar-refractivity contribution in [1.29, 1.82) is 0 Å². The lowest BCUT2D eigenvalue weighted by Gasteiger charge is -2.22. The van der Waals surface area contributed by atoms with Crippen molar-refractivity contribution in [3.63, 3.8) is 0 Å². The molecule has 1 aromatic rings. The first-order valence-electron chi connectivity index (χ1n) is 6.41. The molecule has 0 aliphatic carbocycles. The van der Waals surface area contributed by atoms with Crippen LogP contribution in [0.2, 0.25) is 0 Å². The first-order valence-corrected chi connectivity index (χ1v) is 9.87. The Labute approximate surface area is 126 Å². The number of esters is 1. The SMILES string of the molecule is COC(=O)C1NCCC[S+]1S(=O)(=O)c1ccc(OC)cc1. The van der Waals surface area contributed by atoms with E-state index < -0.39 is 30.1 Å². The molecule has 2 rings (SSSR count). The minimum Gasteiger partial charge on any atom is -0.497 e. The summed E-state index contributed by atoms with van der Waals surface area (Å²) in [5.74, 6) is 0.514. The van der Waals surface area contributed by atoms with Crippen molar-refractivity contribution < 1.29 is 22.7 Å². The van der Waals surface area contributed by atoms with Crippen LogP contribution in [-0.4, -0.2) is 46.3 Å². The van der Waals surface area contributed by atoms with Crippen LogP contribution in [0.4, 0.5) is 0 Å². The maximum absolute atomic E-state index is 12.7. The number of rotatable bonds is 4. The molecule has 1 N–H and O–H groups in total. The molecule has 0 radical (unpaired) electrons. The number of ether oxygens (including phenoxy) is 2. The number of nitrogens with one attached hydrogen (secondary N) is 1. The Morgan fingerprint density at radius 1 is 1.29 bits per heavy atom. The summed E-state index contributed by atoms with van der Waals surface area (Å²) in [6.07, 6.45) is 0.714. The minimum atomic E-state index is -3.58. The summed E-state index contributed by atoms with van der Waals surface area (Å²) in [7, 11) is -1.94. The maximum atomic E-state index is 12.7. The van der Waals surface area contributed by atoms with Gasteiger partial charge in [-0.05, 0) is 24.3 Å². The molecule has 8 heteroatoms. The lowest BCUT2D eigenvalue weighted by molar-refractivity contribution is -0.140. The zero-order chi connectivity index (χ0) is 15.5. The van der Waals surface area contributed by atoms with Gasteiger partial charge in [-0.15, -0.1) is 0 Å². The number of hydrogen-bond donors (Lipinski definition) is 1. The van der Waals surface area contributed by atoms with Gasteiger partial charge in [0.25, 0.3) is 5.37 Å². The third-order valence-corrected chi connectivity index (χ3v) is 9.49. The van der Waals surface area contributed by atoms with E-state index in [-0.39, 0.29) is 4.90 Å². The van der Waals surface area contributed by atoms with Gasteiger partial charge >= 0.3 is 14.8 Å². The van der Waals surface area contributed by atoms with E-state index in [9.17, 15) is 13.2 Å². The molecule has 2 unspecified atom stereocenters. The van der Waals surface area contributed by atoms with Crippen molar-refractivity contribution in [2.24, 2.45) is 0 Å². The summed E-state index contributed by atoms with van der Waals surface area (Å²) in [6, 6.07) is 6.20. The summed E-state index contributed by atoms with van der Waals surface area (Å²) in [4.78, 5) is 12.0. The van der Waals surface area contributed by atoms with Gasteiger partial charge in [-0.2, -0.15) is 8.42 Å². The third-order valence-electron chi connectivity index (χ3n) is 3.16. The fourth-order valence-corrected chi connectivity index (χ4v) is 7.81. The Balaban J connectivity index is 2.33. The van der Waals surface area contributed by atoms with E-state index in [1.54, 1.807) is 12.1 Å². The highest BCUT2D eigenvalue weighted by Gasteiger charge is 2.50. The standard InChI is InChI=1S/C13H18NO5S2/c1-18-10-4-6-11(7-5-10)21(16,17)20-9-3-8-14-12(20)13(15)19-2/h4-7,12,14H,3,8-9H2,1-2H3/q+1. The molecule has 21 heavy (non-hydrogen) atoms. The van der Waals surface area contributed by atoms with E-state index in [2.05, 4.69) is 5.32 Å². The number of carbonyl (C=O) groups excluding carboxylic acids is 1. The summed E-state index contributed by atoms with van der Waals surface area (Å²) in [5.41, 5.74) is 0. The number of hydrogen-bond acceptors (Lipinski definition) is 6. The van der Waals surface area contributed by atoms with Gasteiger partial charge in [0.15, 0.2) is 0 Å². The van der Waals surface area contributed by atoms with E-state index >= 15 is 0 Å². The zero-order valence-corrected chi connectivity index (χ0v) is 13.5. The Hall–Kier alpha value is -1.25. The Morgan fingerprint density at radius 2 is 1.95 bits per heavy atom. The number of benzene rings is 1. The molecule has 6 nitrogen and oxygen atoms in total. The molecule has 0 bridgehead atoms. The monoisotopic (exact) mass is 332 g/mol. The van der Waals surface area contributed by atoms with E-state index in [0.717, 1.165) is 0 Å². The first kappa shape index (κ1) is 16.1. The molecule has 0 aromatic heterocycles. The molecule has 2 atom stereocenters. The molecule has 0 amide bonds. The van der Waals surface area contributed by atoms with Gasteiger partial charge < -0.3 is 9.47 Å². The topological polar surface area (TPSA) is 81.7 Å². The van der Waals surface area contributed by atoms with Crippen LogP contribution in [0.3, 0.4) is 0 Å². The van der Waals surface area contributed by atoms with Crippen molar-refractivity contribution >= 4 is 24.8 Å². The van der Waals surface area contributed by atoms with E-state index in [1.807, 2.05) is 0 Å². The predicted octanol–water partition coefficient (Wildman–Crippen LogP) is 0.495. The van der Waals surface area contributed by atoms with Crippen LogP contribution in [0.5, 0.6) is 5.75 Å². The van der Waals surface area contributed by atoms with Gasteiger partial charge in [-0.3, -0.25) is 5.32 Å². The second-order valence-corrected chi connectivity index (χ2v) is 10.0. The number of methoxy groups -OCH3 is 2. The molecule has 1 heterocycles. The Bertz CT molecular complexity index is 599. The highest BCUT2D eigenvalue weighted by molar-refractivity contribution is 8.69. The average molecular weight is 332 g/mol. The smallest absolute Gasteiger partial charge is 0.376 e. The second-order valence-electron chi connectivity index (χ2n) is 4.43. The van der Waals surface area contributed by atoms with Crippen LogP contribution in [0.25, 0.3) is 0 Å². The molecule has 1 fully saturated rings. The van der Waals surface area contributed by atoms with Gasteiger partial charge in [0.05, 0.1) is 14.2 Å². The van der Waals surface area contributed by atoms with Crippen LogP contribution in [0, 0.1) is 0 Å². The molecular formula is C13H18NO5S2+. The van der Waals surface area contributed by atoms with Crippen LogP contribution in [0.1, 0.15) is 6.42 Å². The van der Waals surface area contributed by atoms with Crippen molar-refractivity contribution in [3.05, 3.63) is 24.3 Å². The Kier molecular flexibility index (Phi) is 5.13. The largest absolute Gasteiger partial charge is 0.497 e. The summed E-state index contributed by atoms with van der Waals surface area (Å²) < 4.78 is 35.2. The van der Waals surface area contributed by atoms with Crippen molar-refractivity contribution in [3.8, 4) is 5.75 Å². The fourth-order valence-electron chi connectivity index (χ4n) is 2.06. The van der Waals surface area contributed by atoms with Crippen molar-refractivity contribution in [2.45, 2.75) is 16.7 Å². The fraction of sp³-hybridized carbons (Fsp3) is 0.462. The summed E-state index contributed by atoms with van der Waals surface area (Å²) >= 11 is 0. The lowest BCUT2D eigenvalue weighted by atomic mass is 10.3. The van der Waals surface area contributed by atoms with Gasteiger partial charge in [0.1, 0.15) is 26.3 Å². The summed E-state index contributed by atoms with van der Waals surface area (Å²) in [6.45, 7) is 0.612. The maximum Gasteiger partial charge on any atom is 0.376 e. The van der Waals surface area contributed by atoms with E-state index in [0.29, 0.717) is 24.5 Å². The predicted molar refractivity (Wildman–Crippen MR) is 80.8 cm³/mol. The first-order chi connectivity index (χ1) is 10.0. The van der Waals surface area contributed by atoms with Crippen molar-refractivity contribution in [2.75, 3.05) is 26.5 Å². The minimum absolute atomic E-state index is 0.198. The van der Waals surface area contributed by atoms with Crippen molar-refractivity contribution in [1.82, 2.24) is 5.32 Å². The normalized spacial score (nSPS) is 22.6. The molecule has 1 aromatic carbocycles. The summed E-state index contributed by atoms with van der Waals surface area (Å²) in [5, 5.41) is 2.16. The third kappa shape index (κ3) is 3.33. The molecule has 0 spiro atoms. The van der Waals surface area contributed by atoms with Gasteiger partial charge in [-0.25, -0.2) is 4.79 Å². The zero-order valence-electron chi connectivity index (χ0n) is 11.9. The molecule has 1 saturated heterocycles. The number of carbonyl (C=O) groups is 1. The van der Waals surface area contributed by atoms with Crippen LogP contribution >= 0.6 is 0 Å². The highest BCUT2D eigenvalue weighted by atomic mass is 33.2. The van der Waals surface area contributed by atoms with Crippen LogP contribution in [-0.2, 0) is 28.3 Å². The molecule has 116 valence electrons. The van der Waals surface area contributed by atoms with Crippen LogP contribution < -0.4 is 10.1 Å². The Morgan fingerprint density at radius 3 is 2.52 bits per heavy atom. The second kappa shape index (κ2) is 6.67. The van der Waals surface area contributed by atoms with Gasteiger partial charge in [0.2, 0.25) is 0 Å². The quantitative estimate of drug-likeness (QED) is 0.491.